The monoisotopic (exact) mass is 309 g/mol. The number of hydrogen-bond donors (Lipinski definition) is 1. The number of nitrogens with one attached hydrogen (secondary N) is 1. The molecule has 1 aromatic carbocycles. The Balaban J connectivity index is 3.16. The van der Waals surface area contributed by atoms with E-state index in [2.05, 4.69) is 12.2 Å². The van der Waals surface area contributed by atoms with Crippen LogP contribution in [-0.4, -0.2) is 32.9 Å². The van der Waals surface area contributed by atoms with E-state index in [1.165, 1.54) is 11.4 Å². The van der Waals surface area contributed by atoms with Gasteiger partial charge in [-0.1, -0.05) is 6.92 Å². The molecule has 0 heterocycles. The first-order chi connectivity index (χ1) is 9.84. The third-order valence-electron chi connectivity index (χ3n) is 3.25. The van der Waals surface area contributed by atoms with Crippen molar-refractivity contribution < 1.29 is 8.42 Å². The lowest BCUT2D eigenvalue weighted by Gasteiger charge is -2.20. The Hall–Kier alpha value is -1.58. The molecular weight excluding hydrogens is 286 g/mol. The van der Waals surface area contributed by atoms with Gasteiger partial charge in [0.2, 0.25) is 10.0 Å². The van der Waals surface area contributed by atoms with E-state index in [9.17, 15) is 8.42 Å². The minimum atomic E-state index is -3.56. The molecule has 0 saturated heterocycles. The molecule has 0 aromatic heterocycles. The van der Waals surface area contributed by atoms with Gasteiger partial charge in [-0.25, -0.2) is 8.42 Å². The molecule has 0 aliphatic heterocycles. The molecule has 0 amide bonds. The summed E-state index contributed by atoms with van der Waals surface area (Å²) >= 11 is 0. The number of benzene rings is 1. The maximum Gasteiger partial charge on any atom is 0.243 e. The van der Waals surface area contributed by atoms with Gasteiger partial charge in [-0.15, -0.1) is 0 Å². The highest BCUT2D eigenvalue weighted by molar-refractivity contribution is 7.89. The molecule has 0 aliphatic rings. The number of anilines is 1. The van der Waals surface area contributed by atoms with Crippen LogP contribution >= 0.6 is 0 Å². The first kappa shape index (κ1) is 17.5. The number of sulfonamides is 1. The molecule has 1 aromatic rings. The maximum atomic E-state index is 12.6. The summed E-state index contributed by atoms with van der Waals surface area (Å²) in [5.41, 5.74) is 2.38. The van der Waals surface area contributed by atoms with Gasteiger partial charge in [0.1, 0.15) is 0 Å². The highest BCUT2D eigenvalue weighted by Crippen LogP contribution is 2.26. The Morgan fingerprint density at radius 3 is 2.33 bits per heavy atom. The number of aryl methyl sites for hydroxylation is 2. The van der Waals surface area contributed by atoms with Gasteiger partial charge in [-0.3, -0.25) is 0 Å². The van der Waals surface area contributed by atoms with Gasteiger partial charge < -0.3 is 5.32 Å². The van der Waals surface area contributed by atoms with Crippen molar-refractivity contribution >= 4 is 15.7 Å². The number of rotatable bonds is 7. The highest BCUT2D eigenvalue weighted by Gasteiger charge is 2.24. The van der Waals surface area contributed by atoms with Crippen molar-refractivity contribution in [3.05, 3.63) is 23.3 Å². The zero-order valence-corrected chi connectivity index (χ0v) is 13.9. The van der Waals surface area contributed by atoms with E-state index < -0.39 is 10.0 Å². The van der Waals surface area contributed by atoms with Crippen LogP contribution in [0.2, 0.25) is 0 Å². The van der Waals surface area contributed by atoms with Crippen LogP contribution < -0.4 is 5.32 Å². The lowest BCUT2D eigenvalue weighted by Crippen LogP contribution is -2.29. The second kappa shape index (κ2) is 7.43. The summed E-state index contributed by atoms with van der Waals surface area (Å²) < 4.78 is 26.4. The highest BCUT2D eigenvalue weighted by atomic mass is 32.2. The molecule has 116 valence electrons. The minimum Gasteiger partial charge on any atom is -0.385 e. The van der Waals surface area contributed by atoms with Crippen LogP contribution in [0.15, 0.2) is 17.0 Å². The average molecular weight is 309 g/mol. The topological polar surface area (TPSA) is 73.2 Å². The Kier molecular flexibility index (Phi) is 6.19. The van der Waals surface area contributed by atoms with E-state index in [1.807, 2.05) is 18.2 Å². The van der Waals surface area contributed by atoms with Gasteiger partial charge in [-0.2, -0.15) is 9.57 Å². The Labute approximate surface area is 127 Å². The van der Waals surface area contributed by atoms with Crippen molar-refractivity contribution in [2.75, 3.05) is 25.5 Å². The number of nitrogens with zero attached hydrogens (tertiary/aromatic N) is 2. The van der Waals surface area contributed by atoms with E-state index in [-0.39, 0.29) is 13.0 Å². The minimum absolute atomic E-state index is 0.184. The van der Waals surface area contributed by atoms with E-state index in [4.69, 9.17) is 5.26 Å². The third-order valence-corrected chi connectivity index (χ3v) is 5.41. The fourth-order valence-corrected chi connectivity index (χ4v) is 3.79. The summed E-state index contributed by atoms with van der Waals surface area (Å²) in [6.45, 7) is 6.74. The van der Waals surface area contributed by atoms with Gasteiger partial charge in [0.25, 0.3) is 0 Å². The van der Waals surface area contributed by atoms with Gasteiger partial charge in [0.15, 0.2) is 0 Å². The number of nitriles is 1. The van der Waals surface area contributed by atoms with Crippen molar-refractivity contribution in [1.29, 1.82) is 5.26 Å². The second-order valence-electron chi connectivity index (χ2n) is 5.10. The van der Waals surface area contributed by atoms with Gasteiger partial charge in [-0.05, 0) is 43.5 Å². The summed E-state index contributed by atoms with van der Waals surface area (Å²) in [5.74, 6) is 0. The smallest absolute Gasteiger partial charge is 0.243 e. The molecule has 5 nitrogen and oxygen atoms in total. The predicted octanol–water partition coefficient (Wildman–Crippen LogP) is 2.66. The molecule has 0 atom stereocenters. The standard InChI is InChI=1S/C15H23N3O2S/c1-5-8-17-14-10-12(2)15(13(3)11-14)21(19,20)18(4)9-6-7-16/h10-11,17H,5-6,8-9H2,1-4H3. The first-order valence-corrected chi connectivity index (χ1v) is 8.47. The largest absolute Gasteiger partial charge is 0.385 e. The van der Waals surface area contributed by atoms with Gasteiger partial charge >= 0.3 is 0 Å². The van der Waals surface area contributed by atoms with Crippen molar-refractivity contribution in [3.63, 3.8) is 0 Å². The Bertz CT molecular complexity index is 610. The molecule has 0 fully saturated rings. The molecule has 0 radical (unpaired) electrons. The summed E-state index contributed by atoms with van der Waals surface area (Å²) in [4.78, 5) is 0.338. The van der Waals surface area contributed by atoms with Crippen LogP contribution in [-0.2, 0) is 10.0 Å². The van der Waals surface area contributed by atoms with E-state index in [0.717, 1.165) is 29.8 Å². The molecule has 1 rings (SSSR count). The number of hydrogen-bond acceptors (Lipinski definition) is 4. The SMILES string of the molecule is CCCNc1cc(C)c(S(=O)(=O)N(C)CCC#N)c(C)c1. The third kappa shape index (κ3) is 4.19. The fraction of sp³-hybridized carbons (Fsp3) is 0.533. The maximum absolute atomic E-state index is 12.6. The molecule has 0 unspecified atom stereocenters. The zero-order valence-electron chi connectivity index (χ0n) is 13.1. The summed E-state index contributed by atoms with van der Waals surface area (Å²) in [5, 5.41) is 11.9. The molecule has 0 spiro atoms. The van der Waals surface area contributed by atoms with Gasteiger partial charge in [0, 0.05) is 32.2 Å². The summed E-state index contributed by atoms with van der Waals surface area (Å²) in [7, 11) is -2.05. The van der Waals surface area contributed by atoms with Crippen LogP contribution in [0, 0.1) is 25.2 Å². The summed E-state index contributed by atoms with van der Waals surface area (Å²) in [6.07, 6.45) is 1.19. The van der Waals surface area contributed by atoms with Crippen LogP contribution in [0.1, 0.15) is 30.9 Å². The predicted molar refractivity (Wildman–Crippen MR) is 84.7 cm³/mol. The second-order valence-corrected chi connectivity index (χ2v) is 7.08. The van der Waals surface area contributed by atoms with E-state index in [0.29, 0.717) is 4.90 Å². The Morgan fingerprint density at radius 1 is 1.29 bits per heavy atom. The Morgan fingerprint density at radius 2 is 1.86 bits per heavy atom. The summed E-state index contributed by atoms with van der Waals surface area (Å²) in [6, 6.07) is 5.68. The molecule has 0 aliphatic carbocycles. The molecule has 0 bridgehead atoms. The molecular formula is C15H23N3O2S. The molecule has 1 N–H and O–H groups in total. The van der Waals surface area contributed by atoms with Crippen molar-refractivity contribution in [2.24, 2.45) is 0 Å². The van der Waals surface area contributed by atoms with E-state index >= 15 is 0 Å². The average Bonchev–Trinajstić information content (AvgIpc) is 2.41. The molecule has 0 saturated carbocycles. The van der Waals surface area contributed by atoms with Crippen molar-refractivity contribution in [2.45, 2.75) is 38.5 Å². The molecule has 6 heteroatoms. The van der Waals surface area contributed by atoms with Crippen LogP contribution in [0.5, 0.6) is 0 Å². The lowest BCUT2D eigenvalue weighted by atomic mass is 10.1. The van der Waals surface area contributed by atoms with Crippen molar-refractivity contribution in [1.82, 2.24) is 4.31 Å². The normalized spacial score (nSPS) is 11.4. The quantitative estimate of drug-likeness (QED) is 0.840. The fourth-order valence-electron chi connectivity index (χ4n) is 2.21. The van der Waals surface area contributed by atoms with Crippen LogP contribution in [0.4, 0.5) is 5.69 Å². The molecule has 21 heavy (non-hydrogen) atoms. The van der Waals surface area contributed by atoms with Gasteiger partial charge in [0.05, 0.1) is 11.0 Å². The lowest BCUT2D eigenvalue weighted by molar-refractivity contribution is 0.475. The van der Waals surface area contributed by atoms with Crippen LogP contribution in [0.3, 0.4) is 0 Å². The van der Waals surface area contributed by atoms with Crippen molar-refractivity contribution in [3.8, 4) is 6.07 Å². The van der Waals surface area contributed by atoms with E-state index in [1.54, 1.807) is 13.8 Å². The first-order valence-electron chi connectivity index (χ1n) is 7.03. The van der Waals surface area contributed by atoms with Crippen LogP contribution in [0.25, 0.3) is 0 Å². The zero-order chi connectivity index (χ0) is 16.0.